The van der Waals surface area contributed by atoms with Gasteiger partial charge in [0.05, 0.1) is 13.2 Å². The van der Waals surface area contributed by atoms with Gasteiger partial charge in [0.15, 0.2) is 0 Å². The van der Waals surface area contributed by atoms with Crippen LogP contribution in [-0.2, 0) is 4.79 Å². The van der Waals surface area contributed by atoms with Gasteiger partial charge in [-0.15, -0.1) is 0 Å². The lowest BCUT2D eigenvalue weighted by atomic mass is 9.99. The molecule has 0 aromatic heterocycles. The van der Waals surface area contributed by atoms with E-state index in [0.29, 0.717) is 5.92 Å². The third kappa shape index (κ3) is 3.77. The van der Waals surface area contributed by atoms with Crippen LogP contribution < -0.4 is 10.1 Å². The van der Waals surface area contributed by atoms with Crippen molar-refractivity contribution < 1.29 is 9.53 Å². The smallest absolute Gasteiger partial charge is 0.241 e. The van der Waals surface area contributed by atoms with Crippen molar-refractivity contribution in [2.24, 2.45) is 0 Å². The van der Waals surface area contributed by atoms with Gasteiger partial charge in [0, 0.05) is 12.2 Å². The Hall–Kier alpha value is -2.33. The number of anilines is 1. The molecule has 2 aromatic rings. The van der Waals surface area contributed by atoms with Gasteiger partial charge in [0.2, 0.25) is 5.91 Å². The Morgan fingerprint density at radius 3 is 2.54 bits per heavy atom. The SMILES string of the molecule is COc1ccc(NC(=O)[C@@H](C)N2CC[C@H](c3ccccc3)C2)cc1. The van der Waals surface area contributed by atoms with Crippen LogP contribution in [-0.4, -0.2) is 37.0 Å². The highest BCUT2D eigenvalue weighted by molar-refractivity contribution is 5.94. The number of nitrogens with one attached hydrogen (secondary N) is 1. The molecule has 1 N–H and O–H groups in total. The largest absolute Gasteiger partial charge is 0.497 e. The molecule has 1 heterocycles. The molecule has 2 aromatic carbocycles. The zero-order valence-corrected chi connectivity index (χ0v) is 14.2. The van der Waals surface area contributed by atoms with Crippen molar-refractivity contribution in [1.82, 2.24) is 4.90 Å². The van der Waals surface area contributed by atoms with Gasteiger partial charge in [-0.3, -0.25) is 9.69 Å². The van der Waals surface area contributed by atoms with Gasteiger partial charge in [-0.1, -0.05) is 30.3 Å². The number of carbonyl (C=O) groups is 1. The van der Waals surface area contributed by atoms with E-state index in [1.54, 1.807) is 7.11 Å². The molecule has 0 saturated carbocycles. The fourth-order valence-electron chi connectivity index (χ4n) is 3.22. The molecule has 0 aliphatic carbocycles. The maximum atomic E-state index is 12.5. The fourth-order valence-corrected chi connectivity index (χ4v) is 3.22. The average molecular weight is 324 g/mol. The van der Waals surface area contributed by atoms with Crippen molar-refractivity contribution >= 4 is 11.6 Å². The van der Waals surface area contributed by atoms with E-state index in [1.165, 1.54) is 5.56 Å². The quantitative estimate of drug-likeness (QED) is 0.915. The van der Waals surface area contributed by atoms with Gasteiger partial charge >= 0.3 is 0 Å². The molecule has 4 heteroatoms. The summed E-state index contributed by atoms with van der Waals surface area (Å²) in [5.74, 6) is 1.34. The summed E-state index contributed by atoms with van der Waals surface area (Å²) < 4.78 is 5.14. The molecule has 126 valence electrons. The number of benzene rings is 2. The Balaban J connectivity index is 1.57. The second-order valence-corrected chi connectivity index (χ2v) is 6.28. The van der Waals surface area contributed by atoms with E-state index in [2.05, 4.69) is 34.5 Å². The predicted octanol–water partition coefficient (Wildman–Crippen LogP) is 3.51. The van der Waals surface area contributed by atoms with Gasteiger partial charge in [-0.25, -0.2) is 0 Å². The van der Waals surface area contributed by atoms with Crippen LogP contribution in [0.2, 0.25) is 0 Å². The molecular weight excluding hydrogens is 300 g/mol. The van der Waals surface area contributed by atoms with Gasteiger partial charge in [0.1, 0.15) is 5.75 Å². The summed E-state index contributed by atoms with van der Waals surface area (Å²) in [7, 11) is 1.63. The molecule has 1 aliphatic heterocycles. The Morgan fingerprint density at radius 1 is 1.17 bits per heavy atom. The summed E-state index contributed by atoms with van der Waals surface area (Å²) in [6.07, 6.45) is 1.10. The molecule has 1 fully saturated rings. The molecule has 4 nitrogen and oxygen atoms in total. The minimum atomic E-state index is -0.138. The Morgan fingerprint density at radius 2 is 1.88 bits per heavy atom. The van der Waals surface area contributed by atoms with Crippen LogP contribution in [0.25, 0.3) is 0 Å². The molecule has 24 heavy (non-hydrogen) atoms. The predicted molar refractivity (Wildman–Crippen MR) is 96.5 cm³/mol. The fraction of sp³-hybridized carbons (Fsp3) is 0.350. The van der Waals surface area contributed by atoms with Gasteiger partial charge in [-0.05, 0) is 55.6 Å². The van der Waals surface area contributed by atoms with Crippen LogP contribution in [0.4, 0.5) is 5.69 Å². The summed E-state index contributed by atoms with van der Waals surface area (Å²) in [5, 5.41) is 2.99. The second kappa shape index (κ2) is 7.49. The van der Waals surface area contributed by atoms with E-state index in [4.69, 9.17) is 4.74 Å². The number of amides is 1. The zero-order valence-electron chi connectivity index (χ0n) is 14.2. The highest BCUT2D eigenvalue weighted by atomic mass is 16.5. The normalized spacial score (nSPS) is 19.0. The minimum Gasteiger partial charge on any atom is -0.497 e. The van der Waals surface area contributed by atoms with Gasteiger partial charge in [-0.2, -0.15) is 0 Å². The van der Waals surface area contributed by atoms with E-state index in [1.807, 2.05) is 37.3 Å². The number of rotatable bonds is 5. The summed E-state index contributed by atoms with van der Waals surface area (Å²) in [6.45, 7) is 3.87. The summed E-state index contributed by atoms with van der Waals surface area (Å²) in [6, 6.07) is 17.8. The van der Waals surface area contributed by atoms with Crippen molar-refractivity contribution in [3.63, 3.8) is 0 Å². The molecule has 3 rings (SSSR count). The molecule has 1 saturated heterocycles. The number of nitrogens with zero attached hydrogens (tertiary/aromatic N) is 1. The van der Waals surface area contributed by atoms with Crippen LogP contribution in [0.1, 0.15) is 24.8 Å². The lowest BCUT2D eigenvalue weighted by Crippen LogP contribution is -2.40. The Kier molecular flexibility index (Phi) is 5.16. The molecule has 0 bridgehead atoms. The van der Waals surface area contributed by atoms with Crippen molar-refractivity contribution in [2.75, 3.05) is 25.5 Å². The third-order valence-corrected chi connectivity index (χ3v) is 4.78. The monoisotopic (exact) mass is 324 g/mol. The highest BCUT2D eigenvalue weighted by Gasteiger charge is 2.30. The molecule has 0 unspecified atom stereocenters. The lowest BCUT2D eigenvalue weighted by Gasteiger charge is -2.23. The first-order chi connectivity index (χ1) is 11.7. The number of likely N-dealkylation sites (tertiary alicyclic amines) is 1. The first-order valence-corrected chi connectivity index (χ1v) is 8.41. The van der Waals surface area contributed by atoms with Crippen LogP contribution in [0.3, 0.4) is 0 Å². The number of carbonyl (C=O) groups excluding carboxylic acids is 1. The number of hydrogen-bond acceptors (Lipinski definition) is 3. The van der Waals surface area contributed by atoms with Crippen molar-refractivity contribution in [1.29, 1.82) is 0 Å². The summed E-state index contributed by atoms with van der Waals surface area (Å²) in [4.78, 5) is 14.8. The molecule has 1 aliphatic rings. The standard InChI is InChI=1S/C20H24N2O2/c1-15(20(23)21-18-8-10-19(24-2)11-9-18)22-13-12-17(14-22)16-6-4-3-5-7-16/h3-11,15,17H,12-14H2,1-2H3,(H,21,23)/t15-,17+/m1/s1. The van der Waals surface area contributed by atoms with Gasteiger partial charge < -0.3 is 10.1 Å². The highest BCUT2D eigenvalue weighted by Crippen LogP contribution is 2.28. The first kappa shape index (κ1) is 16.5. The number of ether oxygens (including phenoxy) is 1. The van der Waals surface area contributed by atoms with E-state index in [0.717, 1.165) is 30.9 Å². The van der Waals surface area contributed by atoms with Crippen molar-refractivity contribution in [3.8, 4) is 5.75 Å². The maximum Gasteiger partial charge on any atom is 0.241 e. The van der Waals surface area contributed by atoms with E-state index in [-0.39, 0.29) is 11.9 Å². The average Bonchev–Trinajstić information content (AvgIpc) is 3.12. The van der Waals surface area contributed by atoms with Gasteiger partial charge in [0.25, 0.3) is 0 Å². The lowest BCUT2D eigenvalue weighted by molar-refractivity contribution is -0.120. The Labute approximate surface area is 143 Å². The van der Waals surface area contributed by atoms with Crippen LogP contribution in [0.5, 0.6) is 5.75 Å². The van der Waals surface area contributed by atoms with Crippen LogP contribution in [0.15, 0.2) is 54.6 Å². The Bertz CT molecular complexity index is 670. The maximum absolute atomic E-state index is 12.5. The van der Waals surface area contributed by atoms with Crippen LogP contribution in [0, 0.1) is 0 Å². The molecule has 0 radical (unpaired) electrons. The molecular formula is C20H24N2O2. The third-order valence-electron chi connectivity index (χ3n) is 4.78. The zero-order chi connectivity index (χ0) is 16.9. The van der Waals surface area contributed by atoms with Crippen molar-refractivity contribution in [3.05, 3.63) is 60.2 Å². The first-order valence-electron chi connectivity index (χ1n) is 8.41. The minimum absolute atomic E-state index is 0.0360. The molecule has 0 spiro atoms. The van der Waals surface area contributed by atoms with Crippen LogP contribution >= 0.6 is 0 Å². The van der Waals surface area contributed by atoms with Crippen molar-refractivity contribution in [2.45, 2.75) is 25.3 Å². The topological polar surface area (TPSA) is 41.6 Å². The molecule has 1 amide bonds. The van der Waals surface area contributed by atoms with E-state index < -0.39 is 0 Å². The summed E-state index contributed by atoms with van der Waals surface area (Å²) >= 11 is 0. The van der Waals surface area contributed by atoms with E-state index in [9.17, 15) is 4.79 Å². The summed E-state index contributed by atoms with van der Waals surface area (Å²) in [5.41, 5.74) is 2.16. The number of hydrogen-bond donors (Lipinski definition) is 1. The number of methoxy groups -OCH3 is 1. The van der Waals surface area contributed by atoms with E-state index >= 15 is 0 Å². The second-order valence-electron chi connectivity index (χ2n) is 6.28. The molecule has 2 atom stereocenters.